The van der Waals surface area contributed by atoms with E-state index >= 15 is 0 Å². The molecule has 0 bridgehead atoms. The molecular formula is C26H22N2O2. The minimum absolute atomic E-state index is 0.0605. The van der Waals surface area contributed by atoms with Gasteiger partial charge in [0, 0.05) is 5.41 Å². The van der Waals surface area contributed by atoms with E-state index in [-0.39, 0.29) is 11.5 Å². The van der Waals surface area contributed by atoms with Gasteiger partial charge in [-0.1, -0.05) is 54.6 Å². The van der Waals surface area contributed by atoms with Crippen LogP contribution < -0.4 is 11.5 Å². The molecule has 0 aliphatic heterocycles. The Kier molecular flexibility index (Phi) is 3.97. The minimum Gasteiger partial charge on any atom is -0.506 e. The zero-order valence-corrected chi connectivity index (χ0v) is 16.3. The predicted molar refractivity (Wildman–Crippen MR) is 123 cm³/mol. The summed E-state index contributed by atoms with van der Waals surface area (Å²) in [6.45, 7) is 0. The Balaban J connectivity index is 1.75. The molecular weight excluding hydrogens is 372 g/mol. The van der Waals surface area contributed by atoms with Crippen molar-refractivity contribution in [2.45, 2.75) is 11.8 Å². The number of hydrogen-bond donors (Lipinski definition) is 4. The van der Waals surface area contributed by atoms with E-state index < -0.39 is 5.41 Å². The van der Waals surface area contributed by atoms with Crippen LogP contribution in [0.25, 0.3) is 16.8 Å². The number of hydrogen-bond acceptors (Lipinski definition) is 4. The maximum atomic E-state index is 9.96. The summed E-state index contributed by atoms with van der Waals surface area (Å²) in [6.07, 6.45) is 5.01. The molecule has 0 radical (unpaired) electrons. The SMILES string of the molecule is Nc1cc(C2(c3ccc(O)c(N)c3)C=Cc3cc4ccccc4cc3C2)ccc1O. The van der Waals surface area contributed by atoms with Gasteiger partial charge in [-0.3, -0.25) is 0 Å². The van der Waals surface area contributed by atoms with Crippen LogP contribution in [-0.2, 0) is 11.8 Å². The highest BCUT2D eigenvalue weighted by Crippen LogP contribution is 2.45. The Hall–Kier alpha value is -3.92. The third-order valence-electron chi connectivity index (χ3n) is 6.11. The molecule has 4 aromatic rings. The summed E-state index contributed by atoms with van der Waals surface area (Å²) in [5.74, 6) is 0.121. The van der Waals surface area contributed by atoms with Gasteiger partial charge in [0.05, 0.1) is 11.4 Å². The lowest BCUT2D eigenvalue weighted by Crippen LogP contribution is -2.30. The van der Waals surface area contributed by atoms with E-state index in [1.54, 1.807) is 12.1 Å². The maximum absolute atomic E-state index is 9.96. The van der Waals surface area contributed by atoms with Crippen LogP contribution in [0.4, 0.5) is 11.4 Å². The molecule has 148 valence electrons. The second kappa shape index (κ2) is 6.56. The summed E-state index contributed by atoms with van der Waals surface area (Å²) in [6, 6.07) is 23.4. The minimum atomic E-state index is -0.529. The van der Waals surface area contributed by atoms with Gasteiger partial charge >= 0.3 is 0 Å². The third kappa shape index (κ3) is 2.77. The van der Waals surface area contributed by atoms with Crippen molar-refractivity contribution in [2.75, 3.05) is 11.5 Å². The van der Waals surface area contributed by atoms with Crippen molar-refractivity contribution >= 4 is 28.2 Å². The van der Waals surface area contributed by atoms with Gasteiger partial charge in [-0.05, 0) is 69.8 Å². The van der Waals surface area contributed by atoms with Gasteiger partial charge in [-0.2, -0.15) is 0 Å². The number of phenolic OH excluding ortho intramolecular Hbond substituents is 2. The molecule has 4 aromatic carbocycles. The van der Waals surface area contributed by atoms with Gasteiger partial charge in [-0.15, -0.1) is 0 Å². The van der Waals surface area contributed by atoms with Crippen LogP contribution in [-0.4, -0.2) is 10.2 Å². The Morgan fingerprint density at radius 3 is 1.83 bits per heavy atom. The van der Waals surface area contributed by atoms with Crippen molar-refractivity contribution in [3.63, 3.8) is 0 Å². The molecule has 1 aliphatic rings. The van der Waals surface area contributed by atoms with Gasteiger partial charge in [0.15, 0.2) is 0 Å². The summed E-state index contributed by atoms with van der Waals surface area (Å²) in [5.41, 5.74) is 16.5. The van der Waals surface area contributed by atoms with E-state index in [0.717, 1.165) is 11.1 Å². The maximum Gasteiger partial charge on any atom is 0.138 e. The molecule has 4 nitrogen and oxygen atoms in total. The second-order valence-electron chi connectivity index (χ2n) is 7.93. The van der Waals surface area contributed by atoms with Crippen LogP contribution in [0.2, 0.25) is 0 Å². The van der Waals surface area contributed by atoms with Crippen molar-refractivity contribution in [1.82, 2.24) is 0 Å². The highest BCUT2D eigenvalue weighted by molar-refractivity contribution is 5.87. The third-order valence-corrected chi connectivity index (χ3v) is 6.11. The van der Waals surface area contributed by atoms with Crippen molar-refractivity contribution in [3.05, 3.63) is 101 Å². The molecule has 0 fully saturated rings. The summed E-state index contributed by atoms with van der Waals surface area (Å²) < 4.78 is 0. The monoisotopic (exact) mass is 394 g/mol. The summed E-state index contributed by atoms with van der Waals surface area (Å²) in [4.78, 5) is 0. The topological polar surface area (TPSA) is 92.5 Å². The molecule has 0 saturated carbocycles. The lowest BCUT2D eigenvalue weighted by Gasteiger charge is -2.36. The lowest BCUT2D eigenvalue weighted by atomic mass is 9.67. The fraction of sp³-hybridized carbons (Fsp3) is 0.0769. The van der Waals surface area contributed by atoms with Crippen molar-refractivity contribution in [3.8, 4) is 11.5 Å². The number of aromatic hydroxyl groups is 2. The highest BCUT2D eigenvalue weighted by atomic mass is 16.3. The Labute approximate surface area is 174 Å². The number of nitrogen functional groups attached to an aromatic ring is 2. The fourth-order valence-electron chi connectivity index (χ4n) is 4.43. The first kappa shape index (κ1) is 18.1. The van der Waals surface area contributed by atoms with Crippen LogP contribution in [0.3, 0.4) is 0 Å². The van der Waals surface area contributed by atoms with E-state index in [1.165, 1.54) is 21.9 Å². The molecule has 0 aromatic heterocycles. The van der Waals surface area contributed by atoms with Crippen LogP contribution in [0.5, 0.6) is 11.5 Å². The van der Waals surface area contributed by atoms with Crippen LogP contribution in [0.15, 0.2) is 78.9 Å². The number of allylic oxidation sites excluding steroid dienone is 1. The van der Waals surface area contributed by atoms with Crippen LogP contribution in [0.1, 0.15) is 22.3 Å². The normalized spacial score (nSPS) is 14.5. The molecule has 0 atom stereocenters. The first-order valence-corrected chi connectivity index (χ1v) is 9.85. The molecule has 0 unspecified atom stereocenters. The summed E-state index contributed by atoms with van der Waals surface area (Å²) in [5, 5.41) is 22.3. The van der Waals surface area contributed by atoms with Gasteiger partial charge in [0.25, 0.3) is 0 Å². The van der Waals surface area contributed by atoms with E-state index in [9.17, 15) is 10.2 Å². The summed E-state index contributed by atoms with van der Waals surface area (Å²) >= 11 is 0. The van der Waals surface area contributed by atoms with Gasteiger partial charge in [0.1, 0.15) is 11.5 Å². The fourth-order valence-corrected chi connectivity index (χ4v) is 4.43. The Morgan fingerprint density at radius 1 is 0.700 bits per heavy atom. The molecule has 4 heteroatoms. The van der Waals surface area contributed by atoms with E-state index in [1.807, 2.05) is 36.4 Å². The van der Waals surface area contributed by atoms with E-state index in [4.69, 9.17) is 11.5 Å². The van der Waals surface area contributed by atoms with Crippen molar-refractivity contribution < 1.29 is 10.2 Å². The largest absolute Gasteiger partial charge is 0.506 e. The first-order chi connectivity index (χ1) is 14.5. The molecule has 6 N–H and O–H groups in total. The molecule has 0 heterocycles. The summed E-state index contributed by atoms with van der Waals surface area (Å²) in [7, 11) is 0. The number of fused-ring (bicyclic) bond motifs is 2. The number of anilines is 2. The molecule has 0 spiro atoms. The molecule has 0 amide bonds. The Bertz CT molecular complexity index is 1270. The van der Waals surface area contributed by atoms with Crippen LogP contribution in [0, 0.1) is 0 Å². The molecule has 1 aliphatic carbocycles. The van der Waals surface area contributed by atoms with Crippen LogP contribution >= 0.6 is 0 Å². The van der Waals surface area contributed by atoms with Crippen molar-refractivity contribution in [1.29, 1.82) is 0 Å². The van der Waals surface area contributed by atoms with Crippen molar-refractivity contribution in [2.24, 2.45) is 0 Å². The first-order valence-electron chi connectivity index (χ1n) is 9.85. The molecule has 30 heavy (non-hydrogen) atoms. The lowest BCUT2D eigenvalue weighted by molar-refractivity contribution is 0.477. The average Bonchev–Trinajstić information content (AvgIpc) is 2.75. The predicted octanol–water partition coefficient (Wildman–Crippen LogP) is 4.97. The molecule has 5 rings (SSSR count). The second-order valence-corrected chi connectivity index (χ2v) is 7.93. The van der Waals surface area contributed by atoms with Gasteiger partial charge in [0.2, 0.25) is 0 Å². The number of phenols is 2. The zero-order valence-electron chi connectivity index (χ0n) is 16.3. The van der Waals surface area contributed by atoms with Gasteiger partial charge in [-0.25, -0.2) is 0 Å². The van der Waals surface area contributed by atoms with Gasteiger partial charge < -0.3 is 21.7 Å². The highest BCUT2D eigenvalue weighted by Gasteiger charge is 2.35. The smallest absolute Gasteiger partial charge is 0.138 e. The standard InChI is InChI=1S/C26H22N2O2/c27-22-13-20(5-7-24(22)29)26(21-6-8-25(30)23(28)14-21)10-9-18-11-16-3-1-2-4-17(16)12-19(18)15-26/h1-14,29-30H,15,27-28H2. The van der Waals surface area contributed by atoms with E-state index in [2.05, 4.69) is 36.4 Å². The average molecular weight is 394 g/mol. The Morgan fingerprint density at radius 2 is 1.27 bits per heavy atom. The molecule has 0 saturated heterocycles. The number of benzene rings is 4. The van der Waals surface area contributed by atoms with E-state index in [0.29, 0.717) is 17.8 Å². The number of nitrogens with two attached hydrogens (primary N) is 2. The quantitative estimate of drug-likeness (QED) is 0.285. The number of rotatable bonds is 2. The zero-order chi connectivity index (χ0) is 20.9.